The number of amides is 1. The van der Waals surface area contributed by atoms with Gasteiger partial charge in [0.25, 0.3) is 0 Å². The van der Waals surface area contributed by atoms with Gasteiger partial charge in [-0.05, 0) is 31.1 Å². The molecule has 0 bridgehead atoms. The summed E-state index contributed by atoms with van der Waals surface area (Å²) in [6, 6.07) is 0.488. The van der Waals surface area contributed by atoms with Gasteiger partial charge in [-0.3, -0.25) is 4.79 Å². The minimum atomic E-state index is 0.117. The summed E-state index contributed by atoms with van der Waals surface area (Å²) in [6.45, 7) is 1.46. The Hall–Kier alpha value is -0.570. The van der Waals surface area contributed by atoms with Crippen LogP contribution in [0.5, 0.6) is 0 Å². The van der Waals surface area contributed by atoms with E-state index >= 15 is 0 Å². The van der Waals surface area contributed by atoms with Crippen LogP contribution in [-0.4, -0.2) is 25.2 Å². The maximum absolute atomic E-state index is 12.1. The van der Waals surface area contributed by atoms with E-state index in [1.54, 1.807) is 0 Å². The molecular formula is C15H25NO2. The van der Waals surface area contributed by atoms with Crippen LogP contribution in [0.3, 0.4) is 0 Å². The van der Waals surface area contributed by atoms with Crippen molar-refractivity contribution in [1.29, 1.82) is 0 Å². The van der Waals surface area contributed by atoms with Crippen LogP contribution in [0.15, 0.2) is 0 Å². The number of carbonyl (C=O) groups is 1. The number of nitrogens with one attached hydrogen (secondary N) is 1. The molecular weight excluding hydrogens is 226 g/mol. The standard InChI is InChI=1S/C15H25NO2/c17-15(12-7-4-8-18-10-12)16-14-9-13(14)11-5-2-1-3-6-11/h11-14H,1-10H2,(H,16,17). The minimum absolute atomic E-state index is 0.117. The largest absolute Gasteiger partial charge is 0.381 e. The Labute approximate surface area is 110 Å². The Balaban J connectivity index is 1.42. The molecule has 2 saturated carbocycles. The number of carbonyl (C=O) groups excluding carboxylic acids is 1. The number of hydrogen-bond donors (Lipinski definition) is 1. The van der Waals surface area contributed by atoms with E-state index in [1.165, 1.54) is 38.5 Å². The quantitative estimate of drug-likeness (QED) is 0.837. The minimum Gasteiger partial charge on any atom is -0.381 e. The molecule has 3 nitrogen and oxygen atoms in total. The molecule has 3 atom stereocenters. The van der Waals surface area contributed by atoms with Crippen molar-refractivity contribution in [2.75, 3.05) is 13.2 Å². The highest BCUT2D eigenvalue weighted by Crippen LogP contribution is 2.44. The van der Waals surface area contributed by atoms with Crippen LogP contribution in [0.4, 0.5) is 0 Å². The van der Waals surface area contributed by atoms with Crippen molar-refractivity contribution < 1.29 is 9.53 Å². The lowest BCUT2D eigenvalue weighted by Crippen LogP contribution is -2.37. The van der Waals surface area contributed by atoms with Crippen LogP contribution >= 0.6 is 0 Å². The van der Waals surface area contributed by atoms with Crippen LogP contribution in [-0.2, 0) is 9.53 Å². The van der Waals surface area contributed by atoms with Crippen LogP contribution in [0.25, 0.3) is 0 Å². The monoisotopic (exact) mass is 251 g/mol. The zero-order valence-corrected chi connectivity index (χ0v) is 11.2. The smallest absolute Gasteiger partial charge is 0.225 e. The van der Waals surface area contributed by atoms with Gasteiger partial charge in [-0.1, -0.05) is 32.1 Å². The lowest BCUT2D eigenvalue weighted by molar-refractivity contribution is -0.129. The van der Waals surface area contributed by atoms with Crippen molar-refractivity contribution in [1.82, 2.24) is 5.32 Å². The first-order valence-corrected chi connectivity index (χ1v) is 7.72. The van der Waals surface area contributed by atoms with Crippen LogP contribution < -0.4 is 5.32 Å². The molecule has 3 unspecified atom stereocenters. The lowest BCUT2D eigenvalue weighted by Gasteiger charge is -2.23. The van der Waals surface area contributed by atoms with Gasteiger partial charge in [0.2, 0.25) is 5.91 Å². The molecule has 0 radical (unpaired) electrons. The van der Waals surface area contributed by atoms with Gasteiger partial charge in [0, 0.05) is 12.6 Å². The van der Waals surface area contributed by atoms with Gasteiger partial charge in [0.15, 0.2) is 0 Å². The molecule has 2 aliphatic carbocycles. The third-order valence-electron chi connectivity index (χ3n) is 4.95. The summed E-state index contributed by atoms with van der Waals surface area (Å²) in [5, 5.41) is 3.25. The van der Waals surface area contributed by atoms with E-state index in [0.717, 1.165) is 31.3 Å². The molecule has 0 aromatic carbocycles. The Kier molecular flexibility index (Phi) is 3.88. The maximum Gasteiger partial charge on any atom is 0.225 e. The second-order valence-electron chi connectivity index (χ2n) is 6.33. The first-order valence-electron chi connectivity index (χ1n) is 7.72. The van der Waals surface area contributed by atoms with Crippen LogP contribution in [0.2, 0.25) is 0 Å². The third-order valence-corrected chi connectivity index (χ3v) is 4.95. The highest BCUT2D eigenvalue weighted by atomic mass is 16.5. The van der Waals surface area contributed by atoms with Gasteiger partial charge in [-0.2, -0.15) is 0 Å². The van der Waals surface area contributed by atoms with Gasteiger partial charge in [0.1, 0.15) is 0 Å². The van der Waals surface area contributed by atoms with Crippen molar-refractivity contribution in [3.63, 3.8) is 0 Å². The highest BCUT2D eigenvalue weighted by molar-refractivity contribution is 5.79. The predicted octanol–water partition coefficient (Wildman–Crippen LogP) is 2.50. The Morgan fingerprint density at radius 2 is 1.89 bits per heavy atom. The van der Waals surface area contributed by atoms with E-state index in [2.05, 4.69) is 5.32 Å². The van der Waals surface area contributed by atoms with Gasteiger partial charge < -0.3 is 10.1 Å². The second-order valence-corrected chi connectivity index (χ2v) is 6.33. The van der Waals surface area contributed by atoms with E-state index in [-0.39, 0.29) is 11.8 Å². The average molecular weight is 251 g/mol. The SMILES string of the molecule is O=C(NC1CC1C1CCCCC1)C1CCCOC1. The summed E-state index contributed by atoms with van der Waals surface area (Å²) in [5.74, 6) is 2.05. The molecule has 1 amide bonds. The molecule has 3 aliphatic rings. The number of hydrogen-bond acceptors (Lipinski definition) is 2. The molecule has 3 fully saturated rings. The topological polar surface area (TPSA) is 38.3 Å². The predicted molar refractivity (Wildman–Crippen MR) is 70.2 cm³/mol. The zero-order valence-electron chi connectivity index (χ0n) is 11.2. The third kappa shape index (κ3) is 2.87. The molecule has 18 heavy (non-hydrogen) atoms. The van der Waals surface area contributed by atoms with E-state index in [1.807, 2.05) is 0 Å². The molecule has 0 aromatic rings. The molecule has 1 aliphatic heterocycles. The van der Waals surface area contributed by atoms with Gasteiger partial charge in [-0.25, -0.2) is 0 Å². The van der Waals surface area contributed by atoms with Gasteiger partial charge >= 0.3 is 0 Å². The summed E-state index contributed by atoms with van der Waals surface area (Å²) in [6.07, 6.45) is 10.3. The van der Waals surface area contributed by atoms with Gasteiger partial charge in [0.05, 0.1) is 12.5 Å². The normalized spacial score (nSPS) is 37.2. The Morgan fingerprint density at radius 3 is 2.61 bits per heavy atom. The molecule has 0 spiro atoms. The van der Waals surface area contributed by atoms with Crippen molar-refractivity contribution in [2.24, 2.45) is 17.8 Å². The fourth-order valence-electron chi connectivity index (χ4n) is 3.71. The average Bonchev–Trinajstić information content (AvgIpc) is 3.20. The van der Waals surface area contributed by atoms with Crippen molar-refractivity contribution >= 4 is 5.91 Å². The molecule has 0 aromatic heterocycles. The Morgan fingerprint density at radius 1 is 1.06 bits per heavy atom. The fourth-order valence-corrected chi connectivity index (χ4v) is 3.71. The summed E-state index contributed by atoms with van der Waals surface area (Å²) in [5.41, 5.74) is 0. The second kappa shape index (κ2) is 5.60. The highest BCUT2D eigenvalue weighted by Gasteiger charge is 2.44. The van der Waals surface area contributed by atoms with Crippen molar-refractivity contribution in [2.45, 2.75) is 57.4 Å². The van der Waals surface area contributed by atoms with Crippen LogP contribution in [0, 0.1) is 17.8 Å². The van der Waals surface area contributed by atoms with E-state index < -0.39 is 0 Å². The maximum atomic E-state index is 12.1. The summed E-state index contributed by atoms with van der Waals surface area (Å²) in [7, 11) is 0. The number of ether oxygens (including phenoxy) is 1. The molecule has 102 valence electrons. The lowest BCUT2D eigenvalue weighted by atomic mass is 9.85. The number of rotatable bonds is 3. The van der Waals surface area contributed by atoms with Crippen molar-refractivity contribution in [3.8, 4) is 0 Å². The van der Waals surface area contributed by atoms with E-state index in [0.29, 0.717) is 12.6 Å². The molecule has 3 rings (SSSR count). The Bertz CT molecular complexity index is 293. The van der Waals surface area contributed by atoms with Gasteiger partial charge in [-0.15, -0.1) is 0 Å². The zero-order chi connectivity index (χ0) is 12.4. The molecule has 1 N–H and O–H groups in total. The fraction of sp³-hybridized carbons (Fsp3) is 0.933. The first-order chi connectivity index (χ1) is 8.84. The first kappa shape index (κ1) is 12.5. The molecule has 3 heteroatoms. The van der Waals surface area contributed by atoms with E-state index in [9.17, 15) is 4.79 Å². The summed E-state index contributed by atoms with van der Waals surface area (Å²) >= 11 is 0. The van der Waals surface area contributed by atoms with E-state index in [4.69, 9.17) is 4.74 Å². The molecule has 1 saturated heterocycles. The summed E-state index contributed by atoms with van der Waals surface area (Å²) < 4.78 is 5.39. The van der Waals surface area contributed by atoms with Crippen molar-refractivity contribution in [3.05, 3.63) is 0 Å². The molecule has 1 heterocycles. The van der Waals surface area contributed by atoms with Crippen LogP contribution in [0.1, 0.15) is 51.4 Å². The summed E-state index contributed by atoms with van der Waals surface area (Å²) in [4.78, 5) is 12.1.